The van der Waals surface area contributed by atoms with Gasteiger partial charge < -0.3 is 9.73 Å². The number of hydrogen-bond acceptors (Lipinski definition) is 4. The van der Waals surface area contributed by atoms with Crippen LogP contribution in [0.3, 0.4) is 0 Å². The quantitative estimate of drug-likeness (QED) is 0.690. The summed E-state index contributed by atoms with van der Waals surface area (Å²) in [6.07, 6.45) is 5.06. The Morgan fingerprint density at radius 2 is 2.26 bits per heavy atom. The monoisotopic (exact) mass is 258 g/mol. The van der Waals surface area contributed by atoms with Crippen LogP contribution in [0.2, 0.25) is 0 Å². The maximum Gasteiger partial charge on any atom is 0.350 e. The highest BCUT2D eigenvalue weighted by Gasteiger charge is 2.04. The molecule has 0 aliphatic rings. The van der Waals surface area contributed by atoms with Gasteiger partial charge in [-0.1, -0.05) is 6.07 Å². The number of aromatic nitrogens is 3. The van der Waals surface area contributed by atoms with Crippen LogP contribution in [0.1, 0.15) is 5.56 Å². The maximum atomic E-state index is 12.0. The van der Waals surface area contributed by atoms with Crippen molar-refractivity contribution in [2.24, 2.45) is 0 Å². The number of fused-ring (bicyclic) bond motifs is 1. The molecule has 0 fully saturated rings. The number of hydrogen-bond donors (Lipinski definition) is 1. The van der Waals surface area contributed by atoms with Gasteiger partial charge in [-0.05, 0) is 18.2 Å². The average molecular weight is 258 g/mol. The van der Waals surface area contributed by atoms with E-state index in [2.05, 4.69) is 10.4 Å². The molecule has 0 unspecified atom stereocenters. The van der Waals surface area contributed by atoms with Crippen molar-refractivity contribution in [2.45, 2.75) is 13.1 Å². The molecule has 0 spiro atoms. The molecule has 0 bridgehead atoms. The lowest BCUT2D eigenvalue weighted by Gasteiger charge is -2.01. The van der Waals surface area contributed by atoms with E-state index < -0.39 is 0 Å². The van der Waals surface area contributed by atoms with E-state index in [1.807, 2.05) is 24.3 Å². The van der Waals surface area contributed by atoms with Crippen LogP contribution in [0.4, 0.5) is 0 Å². The molecule has 0 radical (unpaired) electrons. The van der Waals surface area contributed by atoms with Crippen LogP contribution in [0.25, 0.3) is 5.65 Å². The summed E-state index contributed by atoms with van der Waals surface area (Å²) < 4.78 is 7.99. The van der Waals surface area contributed by atoms with Crippen LogP contribution >= 0.6 is 0 Å². The Morgan fingerprint density at radius 1 is 1.32 bits per heavy atom. The summed E-state index contributed by atoms with van der Waals surface area (Å²) in [5.41, 5.74) is 1.64. The van der Waals surface area contributed by atoms with Crippen molar-refractivity contribution in [1.29, 1.82) is 0 Å². The highest BCUT2D eigenvalue weighted by molar-refractivity contribution is 5.35. The molecule has 0 aliphatic carbocycles. The van der Waals surface area contributed by atoms with Crippen LogP contribution in [-0.4, -0.2) is 20.7 Å². The third-order valence-electron chi connectivity index (χ3n) is 2.90. The molecule has 98 valence electrons. The minimum absolute atomic E-state index is 0.110. The SMILES string of the molecule is O=c1n(CCNCc2ccoc2)nc2ccccn12. The molecule has 3 aromatic heterocycles. The van der Waals surface area contributed by atoms with Gasteiger partial charge in [0.1, 0.15) is 0 Å². The van der Waals surface area contributed by atoms with Crippen molar-refractivity contribution < 1.29 is 4.42 Å². The summed E-state index contributed by atoms with van der Waals surface area (Å²) >= 11 is 0. The molecule has 0 atom stereocenters. The van der Waals surface area contributed by atoms with E-state index in [0.717, 1.165) is 12.1 Å². The minimum atomic E-state index is -0.110. The summed E-state index contributed by atoms with van der Waals surface area (Å²) in [4.78, 5) is 12.0. The smallest absolute Gasteiger partial charge is 0.350 e. The molecular weight excluding hydrogens is 244 g/mol. The number of pyridine rings is 1. The van der Waals surface area contributed by atoms with Crippen molar-refractivity contribution in [2.75, 3.05) is 6.54 Å². The van der Waals surface area contributed by atoms with Gasteiger partial charge in [-0.25, -0.2) is 9.48 Å². The second kappa shape index (κ2) is 5.11. The first kappa shape index (κ1) is 11.7. The van der Waals surface area contributed by atoms with Crippen molar-refractivity contribution >= 4 is 5.65 Å². The third kappa shape index (κ3) is 2.43. The molecule has 0 amide bonds. The summed E-state index contributed by atoms with van der Waals surface area (Å²) in [7, 11) is 0. The highest BCUT2D eigenvalue weighted by Crippen LogP contribution is 1.98. The van der Waals surface area contributed by atoms with Gasteiger partial charge in [0.25, 0.3) is 0 Å². The molecular formula is C13H14N4O2. The lowest BCUT2D eigenvalue weighted by atomic mass is 10.3. The normalized spacial score (nSPS) is 11.2. The molecule has 19 heavy (non-hydrogen) atoms. The lowest BCUT2D eigenvalue weighted by molar-refractivity contribution is 0.534. The molecule has 0 aliphatic heterocycles. The maximum absolute atomic E-state index is 12.0. The molecule has 3 heterocycles. The van der Waals surface area contributed by atoms with E-state index >= 15 is 0 Å². The Bertz CT molecular complexity index is 712. The van der Waals surface area contributed by atoms with Gasteiger partial charge in [0.05, 0.1) is 19.1 Å². The average Bonchev–Trinajstić information content (AvgIpc) is 3.04. The second-order valence-corrected chi connectivity index (χ2v) is 4.24. The van der Waals surface area contributed by atoms with Crippen molar-refractivity contribution in [3.63, 3.8) is 0 Å². The molecule has 6 nitrogen and oxygen atoms in total. The summed E-state index contributed by atoms with van der Waals surface area (Å²) in [6, 6.07) is 7.40. The number of nitrogens with one attached hydrogen (secondary N) is 1. The van der Waals surface area contributed by atoms with Gasteiger partial charge in [-0.2, -0.15) is 0 Å². The van der Waals surface area contributed by atoms with Crippen LogP contribution in [-0.2, 0) is 13.1 Å². The second-order valence-electron chi connectivity index (χ2n) is 4.24. The fraction of sp³-hybridized carbons (Fsp3) is 0.231. The van der Waals surface area contributed by atoms with E-state index in [-0.39, 0.29) is 5.69 Å². The third-order valence-corrected chi connectivity index (χ3v) is 2.90. The Labute approximate surface area is 109 Å². The van der Waals surface area contributed by atoms with Gasteiger partial charge >= 0.3 is 5.69 Å². The zero-order valence-corrected chi connectivity index (χ0v) is 10.3. The molecule has 1 N–H and O–H groups in total. The molecule has 0 saturated heterocycles. The zero-order valence-electron chi connectivity index (χ0n) is 10.3. The van der Waals surface area contributed by atoms with Crippen molar-refractivity contribution in [1.82, 2.24) is 19.5 Å². The first-order chi connectivity index (χ1) is 9.34. The topological polar surface area (TPSA) is 64.5 Å². The van der Waals surface area contributed by atoms with Gasteiger partial charge in [-0.15, -0.1) is 5.10 Å². The predicted octanol–water partition coefficient (Wildman–Crippen LogP) is 0.879. The van der Waals surface area contributed by atoms with Gasteiger partial charge in [0, 0.05) is 24.8 Å². The predicted molar refractivity (Wildman–Crippen MR) is 69.9 cm³/mol. The van der Waals surface area contributed by atoms with E-state index in [4.69, 9.17) is 4.42 Å². The molecule has 0 saturated carbocycles. The van der Waals surface area contributed by atoms with Gasteiger partial charge in [-0.3, -0.25) is 4.40 Å². The van der Waals surface area contributed by atoms with Crippen LogP contribution in [0, 0.1) is 0 Å². The summed E-state index contributed by atoms with van der Waals surface area (Å²) in [5, 5.41) is 7.49. The lowest BCUT2D eigenvalue weighted by Crippen LogP contribution is -2.27. The number of rotatable bonds is 5. The molecule has 6 heteroatoms. The van der Waals surface area contributed by atoms with Crippen molar-refractivity contribution in [3.05, 3.63) is 59.0 Å². The Hall–Kier alpha value is -2.34. The largest absolute Gasteiger partial charge is 0.472 e. The minimum Gasteiger partial charge on any atom is -0.472 e. The Morgan fingerprint density at radius 3 is 3.05 bits per heavy atom. The molecule has 0 aromatic carbocycles. The first-order valence-corrected chi connectivity index (χ1v) is 6.10. The van der Waals surface area contributed by atoms with Crippen LogP contribution in [0.15, 0.2) is 52.2 Å². The van der Waals surface area contributed by atoms with Gasteiger partial charge in [0.2, 0.25) is 0 Å². The van der Waals surface area contributed by atoms with E-state index in [0.29, 0.717) is 18.7 Å². The van der Waals surface area contributed by atoms with E-state index in [9.17, 15) is 4.79 Å². The number of nitrogens with zero attached hydrogens (tertiary/aromatic N) is 3. The fourth-order valence-corrected chi connectivity index (χ4v) is 1.92. The summed E-state index contributed by atoms with van der Waals surface area (Å²) in [6.45, 7) is 1.94. The standard InChI is InChI=1S/C13H14N4O2/c18-13-16-6-2-1-3-12(16)15-17(13)7-5-14-9-11-4-8-19-10-11/h1-4,6,8,10,14H,5,7,9H2. The number of furan rings is 1. The summed E-state index contributed by atoms with van der Waals surface area (Å²) in [5.74, 6) is 0. The van der Waals surface area contributed by atoms with Gasteiger partial charge in [0.15, 0.2) is 5.65 Å². The van der Waals surface area contributed by atoms with E-state index in [1.165, 1.54) is 9.08 Å². The molecule has 3 rings (SSSR count). The van der Waals surface area contributed by atoms with Crippen LogP contribution < -0.4 is 11.0 Å². The highest BCUT2D eigenvalue weighted by atomic mass is 16.3. The Kier molecular flexibility index (Phi) is 3.16. The molecule has 3 aromatic rings. The van der Waals surface area contributed by atoms with Crippen LogP contribution in [0.5, 0.6) is 0 Å². The Balaban J connectivity index is 1.62. The van der Waals surface area contributed by atoms with E-state index in [1.54, 1.807) is 18.7 Å². The fourth-order valence-electron chi connectivity index (χ4n) is 1.92. The zero-order chi connectivity index (χ0) is 13.1. The van der Waals surface area contributed by atoms with Crippen molar-refractivity contribution in [3.8, 4) is 0 Å². The first-order valence-electron chi connectivity index (χ1n) is 6.10.